The topological polar surface area (TPSA) is 29.0 Å². The van der Waals surface area contributed by atoms with Gasteiger partial charge in [-0.15, -0.1) is 0 Å². The largest absolute Gasteiger partial charge is 0.347 e. The molecule has 18 heavy (non-hydrogen) atoms. The van der Waals surface area contributed by atoms with Crippen LogP contribution in [0.3, 0.4) is 0 Å². The van der Waals surface area contributed by atoms with Crippen molar-refractivity contribution in [3.63, 3.8) is 0 Å². The average Bonchev–Trinajstić information content (AvgIpc) is 2.89. The van der Waals surface area contributed by atoms with Crippen molar-refractivity contribution in [1.82, 2.24) is 9.97 Å². The molecule has 1 aliphatic rings. The van der Waals surface area contributed by atoms with E-state index in [1.54, 1.807) is 18.5 Å². The third-order valence-electron chi connectivity index (χ3n) is 3.33. The molecule has 1 atom stereocenters. The highest BCUT2D eigenvalue weighted by Gasteiger charge is 2.28. The van der Waals surface area contributed by atoms with E-state index in [2.05, 4.69) is 9.97 Å². The molecule has 4 heteroatoms. The Bertz CT molecular complexity index is 530. The van der Waals surface area contributed by atoms with Gasteiger partial charge in [0.25, 0.3) is 0 Å². The highest BCUT2D eigenvalue weighted by atomic mass is 19.1. The van der Waals surface area contributed by atoms with Crippen molar-refractivity contribution < 1.29 is 4.39 Å². The third kappa shape index (κ3) is 1.94. The van der Waals surface area contributed by atoms with Gasteiger partial charge in [-0.05, 0) is 36.6 Å². The lowest BCUT2D eigenvalue weighted by molar-refractivity contribution is 0.602. The fourth-order valence-electron chi connectivity index (χ4n) is 2.53. The van der Waals surface area contributed by atoms with Gasteiger partial charge < -0.3 is 4.90 Å². The highest BCUT2D eigenvalue weighted by molar-refractivity contribution is 5.44. The number of aromatic nitrogens is 2. The first-order valence-corrected chi connectivity index (χ1v) is 6.13. The van der Waals surface area contributed by atoms with Crippen molar-refractivity contribution in [3.8, 4) is 0 Å². The maximum Gasteiger partial charge on any atom is 0.165 e. The molecule has 1 aliphatic heterocycles. The Kier molecular flexibility index (Phi) is 2.92. The fourth-order valence-corrected chi connectivity index (χ4v) is 2.53. The van der Waals surface area contributed by atoms with E-state index >= 15 is 0 Å². The first kappa shape index (κ1) is 11.1. The molecular formula is C14H14FN3. The summed E-state index contributed by atoms with van der Waals surface area (Å²) in [6.45, 7) is 0.841. The summed E-state index contributed by atoms with van der Waals surface area (Å²) >= 11 is 0. The molecule has 2 aromatic rings. The Morgan fingerprint density at radius 2 is 2.11 bits per heavy atom. The van der Waals surface area contributed by atoms with Crippen LogP contribution in [0.5, 0.6) is 0 Å². The lowest BCUT2D eigenvalue weighted by atomic mass is 10.1. The minimum absolute atomic E-state index is 0.183. The molecule has 2 aromatic heterocycles. The number of hydrogen-bond donors (Lipinski definition) is 0. The van der Waals surface area contributed by atoms with Gasteiger partial charge in [0.05, 0.1) is 6.04 Å². The molecule has 0 radical (unpaired) electrons. The molecule has 1 fully saturated rings. The van der Waals surface area contributed by atoms with Gasteiger partial charge >= 0.3 is 0 Å². The van der Waals surface area contributed by atoms with E-state index in [9.17, 15) is 4.39 Å². The second kappa shape index (κ2) is 4.72. The number of rotatable bonds is 2. The van der Waals surface area contributed by atoms with Gasteiger partial charge in [-0.25, -0.2) is 9.37 Å². The zero-order chi connectivity index (χ0) is 12.4. The van der Waals surface area contributed by atoms with Crippen molar-refractivity contribution >= 4 is 5.82 Å². The van der Waals surface area contributed by atoms with Crippen molar-refractivity contribution in [2.24, 2.45) is 0 Å². The van der Waals surface area contributed by atoms with Gasteiger partial charge in [-0.3, -0.25) is 4.98 Å². The van der Waals surface area contributed by atoms with E-state index < -0.39 is 0 Å². The lowest BCUT2D eigenvalue weighted by Crippen LogP contribution is -2.24. The van der Waals surface area contributed by atoms with Gasteiger partial charge in [0.15, 0.2) is 11.6 Å². The molecular weight excluding hydrogens is 229 g/mol. The van der Waals surface area contributed by atoms with Crippen LogP contribution >= 0.6 is 0 Å². The van der Waals surface area contributed by atoms with Crippen molar-refractivity contribution in [1.29, 1.82) is 0 Å². The predicted molar refractivity (Wildman–Crippen MR) is 67.8 cm³/mol. The molecule has 1 saturated heterocycles. The van der Waals surface area contributed by atoms with Crippen molar-refractivity contribution in [2.45, 2.75) is 18.9 Å². The van der Waals surface area contributed by atoms with Crippen LogP contribution < -0.4 is 4.90 Å². The first-order valence-electron chi connectivity index (χ1n) is 6.13. The summed E-state index contributed by atoms with van der Waals surface area (Å²) in [6, 6.07) is 7.22. The zero-order valence-corrected chi connectivity index (χ0v) is 9.96. The van der Waals surface area contributed by atoms with E-state index in [0.29, 0.717) is 5.82 Å². The van der Waals surface area contributed by atoms with Crippen LogP contribution in [0.4, 0.5) is 10.2 Å². The average molecular weight is 243 g/mol. The Balaban J connectivity index is 1.95. The summed E-state index contributed by atoms with van der Waals surface area (Å²) < 4.78 is 13.8. The van der Waals surface area contributed by atoms with Crippen LogP contribution in [0.1, 0.15) is 24.4 Å². The summed E-state index contributed by atoms with van der Waals surface area (Å²) in [5.41, 5.74) is 1.13. The van der Waals surface area contributed by atoms with Gasteiger partial charge in [0, 0.05) is 25.1 Å². The second-order valence-corrected chi connectivity index (χ2v) is 4.45. The quantitative estimate of drug-likeness (QED) is 0.812. The molecule has 0 aromatic carbocycles. The normalized spacial score (nSPS) is 19.2. The fraction of sp³-hybridized carbons (Fsp3) is 0.286. The minimum atomic E-state index is -0.256. The zero-order valence-electron chi connectivity index (χ0n) is 9.96. The third-order valence-corrected chi connectivity index (χ3v) is 3.33. The van der Waals surface area contributed by atoms with Crippen molar-refractivity contribution in [2.75, 3.05) is 11.4 Å². The smallest absolute Gasteiger partial charge is 0.165 e. The number of nitrogens with zero attached hydrogens (tertiary/aromatic N) is 3. The maximum absolute atomic E-state index is 13.8. The molecule has 3 nitrogen and oxygen atoms in total. The Hall–Kier alpha value is -1.97. The molecule has 0 spiro atoms. The van der Waals surface area contributed by atoms with Crippen LogP contribution in [-0.4, -0.2) is 16.5 Å². The number of halogens is 1. The molecule has 0 aliphatic carbocycles. The standard InChI is InChI=1S/C14H14FN3/c15-12-5-2-8-17-14(12)18-9-3-6-13(18)11-4-1-7-16-10-11/h1-2,4-5,7-8,10,13H,3,6,9H2. The summed E-state index contributed by atoms with van der Waals surface area (Å²) in [7, 11) is 0. The SMILES string of the molecule is Fc1cccnc1N1CCCC1c1cccnc1. The highest BCUT2D eigenvalue weighted by Crippen LogP contribution is 2.35. The number of hydrogen-bond acceptors (Lipinski definition) is 3. The minimum Gasteiger partial charge on any atom is -0.347 e. The molecule has 0 saturated carbocycles. The van der Waals surface area contributed by atoms with Gasteiger partial charge in [-0.2, -0.15) is 0 Å². The van der Waals surface area contributed by atoms with E-state index in [-0.39, 0.29) is 11.9 Å². The molecule has 0 N–H and O–H groups in total. The molecule has 92 valence electrons. The summed E-state index contributed by atoms with van der Waals surface area (Å²) in [4.78, 5) is 10.3. The Morgan fingerprint density at radius 3 is 2.89 bits per heavy atom. The van der Waals surface area contributed by atoms with E-state index in [1.165, 1.54) is 6.07 Å². The predicted octanol–water partition coefficient (Wildman–Crippen LogP) is 2.96. The molecule has 3 rings (SSSR count). The molecule has 0 bridgehead atoms. The van der Waals surface area contributed by atoms with Gasteiger partial charge in [-0.1, -0.05) is 6.07 Å². The van der Waals surface area contributed by atoms with Gasteiger partial charge in [0.2, 0.25) is 0 Å². The summed E-state index contributed by atoms with van der Waals surface area (Å²) in [6.07, 6.45) is 7.31. The van der Waals surface area contributed by atoms with Gasteiger partial charge in [0.1, 0.15) is 0 Å². The summed E-state index contributed by atoms with van der Waals surface area (Å²) in [5.74, 6) is 0.192. The molecule has 0 amide bonds. The Morgan fingerprint density at radius 1 is 1.22 bits per heavy atom. The number of anilines is 1. The van der Waals surface area contributed by atoms with Crippen molar-refractivity contribution in [3.05, 3.63) is 54.2 Å². The first-order chi connectivity index (χ1) is 8.86. The van der Waals surface area contributed by atoms with Crippen LogP contribution in [0.15, 0.2) is 42.9 Å². The maximum atomic E-state index is 13.8. The Labute approximate surface area is 105 Å². The van der Waals surface area contributed by atoms with Crippen LogP contribution in [0.25, 0.3) is 0 Å². The summed E-state index contributed by atoms with van der Waals surface area (Å²) in [5, 5.41) is 0. The lowest BCUT2D eigenvalue weighted by Gasteiger charge is -2.26. The number of pyridine rings is 2. The van der Waals surface area contributed by atoms with Crippen LogP contribution in [-0.2, 0) is 0 Å². The second-order valence-electron chi connectivity index (χ2n) is 4.45. The monoisotopic (exact) mass is 243 g/mol. The van der Waals surface area contributed by atoms with E-state index in [4.69, 9.17) is 0 Å². The van der Waals surface area contributed by atoms with E-state index in [1.807, 2.05) is 23.2 Å². The molecule has 3 heterocycles. The van der Waals surface area contributed by atoms with E-state index in [0.717, 1.165) is 24.9 Å². The van der Waals surface area contributed by atoms with Crippen LogP contribution in [0.2, 0.25) is 0 Å². The van der Waals surface area contributed by atoms with Crippen LogP contribution in [0, 0.1) is 5.82 Å². The molecule has 1 unspecified atom stereocenters.